The number of rotatable bonds is 1. The van der Waals surface area contributed by atoms with Gasteiger partial charge in [-0.05, 0) is 13.0 Å². The van der Waals surface area contributed by atoms with Crippen molar-refractivity contribution >= 4 is 6.08 Å². The molecule has 0 unspecified atom stereocenters. The van der Waals surface area contributed by atoms with Crippen LogP contribution in [0.5, 0.6) is 0 Å². The highest BCUT2D eigenvalue weighted by Gasteiger charge is 1.90. The lowest BCUT2D eigenvalue weighted by atomic mass is 10.6. The maximum Gasteiger partial charge on any atom is 0.218 e. The Morgan fingerprint density at radius 3 is 2.88 bits per heavy atom. The molecular weight excluding hydrogens is 102 g/mol. The number of aryl methyl sites for hydroxylation is 1. The normalized spacial score (nSPS) is 9.12. The van der Waals surface area contributed by atoms with Gasteiger partial charge in [0.25, 0.3) is 0 Å². The molecule has 1 rings (SSSR count). The van der Waals surface area contributed by atoms with Crippen molar-refractivity contribution in [2.75, 3.05) is 0 Å². The summed E-state index contributed by atoms with van der Waals surface area (Å²) in [5.74, 6) is 1.41. The Labute approximate surface area is 47.9 Å². The summed E-state index contributed by atoms with van der Waals surface area (Å²) in [5, 5.41) is 0. The van der Waals surface area contributed by atoms with Crippen LogP contribution < -0.4 is 0 Å². The number of aromatic nitrogens is 1. The van der Waals surface area contributed by atoms with Gasteiger partial charge >= 0.3 is 0 Å². The molecule has 0 N–H and O–H groups in total. The summed E-state index contributed by atoms with van der Waals surface area (Å²) in [4.78, 5) is 3.85. The summed E-state index contributed by atoms with van der Waals surface area (Å²) in [6.07, 6.45) is 3.24. The van der Waals surface area contributed by atoms with Gasteiger partial charge in [0, 0.05) is 0 Å². The Morgan fingerprint density at radius 2 is 2.62 bits per heavy atom. The fourth-order valence-electron chi connectivity index (χ4n) is 0.467. The third kappa shape index (κ3) is 0.780. The predicted molar refractivity (Wildman–Crippen MR) is 31.3 cm³/mol. The van der Waals surface area contributed by atoms with E-state index in [-0.39, 0.29) is 0 Å². The minimum absolute atomic E-state index is 0.586. The zero-order chi connectivity index (χ0) is 5.98. The van der Waals surface area contributed by atoms with E-state index in [9.17, 15) is 0 Å². The quantitative estimate of drug-likeness (QED) is 0.547. The van der Waals surface area contributed by atoms with Gasteiger partial charge in [-0.2, -0.15) is 0 Å². The standard InChI is InChI=1S/C6H7NO/c1-3-6-7-4-5(2)8-6/h3-4H,1H2,2H3. The van der Waals surface area contributed by atoms with E-state index >= 15 is 0 Å². The minimum Gasteiger partial charge on any atom is -0.442 e. The summed E-state index contributed by atoms with van der Waals surface area (Å²) < 4.78 is 5.00. The maximum absolute atomic E-state index is 5.00. The molecule has 42 valence electrons. The molecule has 1 aromatic heterocycles. The Bertz CT molecular complexity index is 190. The first-order valence-corrected chi connectivity index (χ1v) is 2.38. The molecule has 0 aliphatic heterocycles. The molecule has 1 heterocycles. The second-order valence-electron chi connectivity index (χ2n) is 1.51. The van der Waals surface area contributed by atoms with E-state index in [1.165, 1.54) is 0 Å². The van der Waals surface area contributed by atoms with Crippen LogP contribution in [0.4, 0.5) is 0 Å². The molecule has 0 aliphatic carbocycles. The average Bonchev–Trinajstić information content (AvgIpc) is 2.14. The van der Waals surface area contributed by atoms with Crippen LogP contribution in [0.1, 0.15) is 11.7 Å². The smallest absolute Gasteiger partial charge is 0.218 e. The van der Waals surface area contributed by atoms with Crippen LogP contribution in [0.15, 0.2) is 17.2 Å². The Balaban J connectivity index is 3.00. The molecule has 1 aromatic rings. The van der Waals surface area contributed by atoms with E-state index in [1.54, 1.807) is 12.3 Å². The highest BCUT2D eigenvalue weighted by molar-refractivity contribution is 5.33. The van der Waals surface area contributed by atoms with Crippen molar-refractivity contribution in [3.63, 3.8) is 0 Å². The molecule has 0 atom stereocenters. The summed E-state index contributed by atoms with van der Waals surface area (Å²) in [5.41, 5.74) is 0. The van der Waals surface area contributed by atoms with Gasteiger partial charge in [0.1, 0.15) is 5.76 Å². The van der Waals surface area contributed by atoms with Gasteiger partial charge in [0.05, 0.1) is 6.20 Å². The fourth-order valence-corrected chi connectivity index (χ4v) is 0.467. The van der Waals surface area contributed by atoms with Crippen molar-refractivity contribution in [2.24, 2.45) is 0 Å². The molecule has 0 radical (unpaired) electrons. The molecular formula is C6H7NO. The summed E-state index contributed by atoms with van der Waals surface area (Å²) in [7, 11) is 0. The zero-order valence-corrected chi connectivity index (χ0v) is 4.72. The van der Waals surface area contributed by atoms with Crippen molar-refractivity contribution in [1.82, 2.24) is 4.98 Å². The lowest BCUT2D eigenvalue weighted by molar-refractivity contribution is 0.517. The van der Waals surface area contributed by atoms with Crippen LogP contribution in [-0.4, -0.2) is 4.98 Å². The van der Waals surface area contributed by atoms with Gasteiger partial charge in [-0.25, -0.2) is 4.98 Å². The number of hydrogen-bond donors (Lipinski definition) is 0. The molecule has 2 nitrogen and oxygen atoms in total. The third-order valence-corrected chi connectivity index (χ3v) is 0.814. The van der Waals surface area contributed by atoms with Crippen LogP contribution >= 0.6 is 0 Å². The van der Waals surface area contributed by atoms with Crippen molar-refractivity contribution in [2.45, 2.75) is 6.92 Å². The highest BCUT2D eigenvalue weighted by atomic mass is 16.3. The second kappa shape index (κ2) is 1.82. The van der Waals surface area contributed by atoms with E-state index in [2.05, 4.69) is 11.6 Å². The van der Waals surface area contributed by atoms with Gasteiger partial charge < -0.3 is 4.42 Å². The van der Waals surface area contributed by atoms with Gasteiger partial charge in [0.15, 0.2) is 0 Å². The molecule has 0 amide bonds. The van der Waals surface area contributed by atoms with E-state index in [4.69, 9.17) is 4.42 Å². The van der Waals surface area contributed by atoms with Crippen LogP contribution in [-0.2, 0) is 0 Å². The molecule has 2 heteroatoms. The van der Waals surface area contributed by atoms with Crippen molar-refractivity contribution < 1.29 is 4.42 Å². The summed E-state index contributed by atoms with van der Waals surface area (Å²) in [6, 6.07) is 0. The zero-order valence-electron chi connectivity index (χ0n) is 4.72. The Kier molecular flexibility index (Phi) is 1.16. The van der Waals surface area contributed by atoms with Gasteiger partial charge in [-0.15, -0.1) is 0 Å². The van der Waals surface area contributed by atoms with Crippen molar-refractivity contribution in [3.8, 4) is 0 Å². The van der Waals surface area contributed by atoms with E-state index in [1.807, 2.05) is 6.92 Å². The van der Waals surface area contributed by atoms with Crippen LogP contribution in [0.25, 0.3) is 6.08 Å². The van der Waals surface area contributed by atoms with Crippen LogP contribution in [0, 0.1) is 6.92 Å². The minimum atomic E-state index is 0.586. The van der Waals surface area contributed by atoms with E-state index in [0.29, 0.717) is 5.89 Å². The van der Waals surface area contributed by atoms with Crippen LogP contribution in [0.3, 0.4) is 0 Å². The number of oxazole rings is 1. The topological polar surface area (TPSA) is 26.0 Å². The number of hydrogen-bond acceptors (Lipinski definition) is 2. The molecule has 8 heavy (non-hydrogen) atoms. The summed E-state index contributed by atoms with van der Waals surface area (Å²) >= 11 is 0. The van der Waals surface area contributed by atoms with Crippen LogP contribution in [0.2, 0.25) is 0 Å². The maximum atomic E-state index is 5.00. The van der Waals surface area contributed by atoms with Gasteiger partial charge in [0.2, 0.25) is 5.89 Å². The van der Waals surface area contributed by atoms with E-state index < -0.39 is 0 Å². The largest absolute Gasteiger partial charge is 0.442 e. The fraction of sp³-hybridized carbons (Fsp3) is 0.167. The molecule has 0 aromatic carbocycles. The summed E-state index contributed by atoms with van der Waals surface area (Å²) in [6.45, 7) is 5.34. The molecule has 0 spiro atoms. The Hall–Kier alpha value is -1.05. The monoisotopic (exact) mass is 109 g/mol. The van der Waals surface area contributed by atoms with Gasteiger partial charge in [-0.1, -0.05) is 6.58 Å². The first kappa shape index (κ1) is 5.09. The number of nitrogens with zero attached hydrogens (tertiary/aromatic N) is 1. The highest BCUT2D eigenvalue weighted by Crippen LogP contribution is 2.00. The third-order valence-electron chi connectivity index (χ3n) is 0.814. The van der Waals surface area contributed by atoms with E-state index in [0.717, 1.165) is 5.76 Å². The van der Waals surface area contributed by atoms with Crippen molar-refractivity contribution in [1.29, 1.82) is 0 Å². The molecule has 0 saturated heterocycles. The Morgan fingerprint density at radius 1 is 1.88 bits per heavy atom. The average molecular weight is 109 g/mol. The lowest BCUT2D eigenvalue weighted by Crippen LogP contribution is -1.61. The SMILES string of the molecule is C=Cc1ncc(C)o1. The molecule has 0 fully saturated rings. The molecule has 0 aliphatic rings. The first-order chi connectivity index (χ1) is 3.83. The van der Waals surface area contributed by atoms with Crippen molar-refractivity contribution in [3.05, 3.63) is 24.4 Å². The second-order valence-corrected chi connectivity index (χ2v) is 1.51. The molecule has 0 bridgehead atoms. The first-order valence-electron chi connectivity index (χ1n) is 2.38. The van der Waals surface area contributed by atoms with Gasteiger partial charge in [-0.3, -0.25) is 0 Å². The molecule has 0 saturated carbocycles. The lowest BCUT2D eigenvalue weighted by Gasteiger charge is -1.75. The predicted octanol–water partition coefficient (Wildman–Crippen LogP) is 1.63.